The number of halogens is 1. The lowest BCUT2D eigenvalue weighted by atomic mass is 10.1. The second kappa shape index (κ2) is 6.89. The number of rotatable bonds is 4. The number of pyridine rings is 1. The Bertz CT molecular complexity index is 548. The molecule has 2 amide bonds. The number of aromatic nitrogens is 1. The highest BCUT2D eigenvalue weighted by atomic mass is 35.5. The van der Waals surface area contributed by atoms with Crippen LogP contribution in [0.3, 0.4) is 0 Å². The van der Waals surface area contributed by atoms with Gasteiger partial charge < -0.3 is 10.2 Å². The lowest BCUT2D eigenvalue weighted by molar-refractivity contribution is -0.127. The van der Waals surface area contributed by atoms with Crippen LogP contribution in [0.5, 0.6) is 0 Å². The lowest BCUT2D eigenvalue weighted by Gasteiger charge is -2.34. The molecular weight excluding hydrogens is 290 g/mol. The van der Waals surface area contributed by atoms with Crippen LogP contribution in [0.25, 0.3) is 0 Å². The van der Waals surface area contributed by atoms with Crippen LogP contribution in [0.1, 0.15) is 42.7 Å². The molecule has 0 radical (unpaired) electrons. The fraction of sp³-hybridized carbons (Fsp3) is 0.533. The molecule has 21 heavy (non-hydrogen) atoms. The highest BCUT2D eigenvalue weighted by molar-refractivity contribution is 6.29. The zero-order valence-electron chi connectivity index (χ0n) is 12.4. The van der Waals surface area contributed by atoms with Crippen LogP contribution in [0.2, 0.25) is 5.15 Å². The lowest BCUT2D eigenvalue weighted by Crippen LogP contribution is -2.56. The summed E-state index contributed by atoms with van der Waals surface area (Å²) >= 11 is 6.01. The van der Waals surface area contributed by atoms with Gasteiger partial charge in [0.05, 0.1) is 0 Å². The van der Waals surface area contributed by atoms with E-state index in [1.165, 1.54) is 0 Å². The third-order valence-electron chi connectivity index (χ3n) is 3.58. The molecule has 1 N–H and O–H groups in total. The fourth-order valence-electron chi connectivity index (χ4n) is 2.59. The largest absolute Gasteiger partial charge is 0.353 e. The Morgan fingerprint density at radius 1 is 1.48 bits per heavy atom. The number of hydrogen-bond donors (Lipinski definition) is 1. The molecule has 1 saturated heterocycles. The number of nitrogens with one attached hydrogen (secondary N) is 1. The molecule has 0 aliphatic carbocycles. The van der Waals surface area contributed by atoms with Gasteiger partial charge in [-0.05, 0) is 25.0 Å². The van der Waals surface area contributed by atoms with Gasteiger partial charge in [-0.25, -0.2) is 4.98 Å². The molecule has 1 unspecified atom stereocenters. The van der Waals surface area contributed by atoms with Crippen molar-refractivity contribution in [3.8, 4) is 0 Å². The van der Waals surface area contributed by atoms with E-state index in [2.05, 4.69) is 10.3 Å². The average molecular weight is 310 g/mol. The molecular formula is C15H20ClN3O2. The van der Waals surface area contributed by atoms with Crippen LogP contribution in [0.15, 0.2) is 12.1 Å². The standard InChI is InChI=1S/C15H20ClN3O2/c1-3-5-11-8-10(9-13(16)18-11)15(21)19-7-6-17-14(20)12(19)4-2/h8-9,12H,3-7H2,1-2H3,(H,17,20). The first-order valence-electron chi connectivity index (χ1n) is 7.32. The third kappa shape index (κ3) is 3.53. The van der Waals surface area contributed by atoms with Gasteiger partial charge in [-0.3, -0.25) is 9.59 Å². The maximum atomic E-state index is 12.7. The minimum Gasteiger partial charge on any atom is -0.353 e. The number of amides is 2. The number of carbonyl (C=O) groups excluding carboxylic acids is 2. The Morgan fingerprint density at radius 3 is 2.90 bits per heavy atom. The molecule has 0 saturated carbocycles. The van der Waals surface area contributed by atoms with E-state index in [9.17, 15) is 9.59 Å². The summed E-state index contributed by atoms with van der Waals surface area (Å²) in [6.45, 7) is 4.96. The number of nitrogens with zero attached hydrogens (tertiary/aromatic N) is 2. The van der Waals surface area contributed by atoms with Gasteiger partial charge >= 0.3 is 0 Å². The van der Waals surface area contributed by atoms with Crippen molar-refractivity contribution in [1.82, 2.24) is 15.2 Å². The molecule has 1 atom stereocenters. The molecule has 6 heteroatoms. The summed E-state index contributed by atoms with van der Waals surface area (Å²) in [5, 5.41) is 3.11. The molecule has 1 aromatic rings. The predicted octanol–water partition coefficient (Wildman–Crippen LogP) is 2.04. The van der Waals surface area contributed by atoms with E-state index >= 15 is 0 Å². The Kier molecular flexibility index (Phi) is 5.17. The van der Waals surface area contributed by atoms with Gasteiger partial charge in [0.15, 0.2) is 0 Å². The summed E-state index contributed by atoms with van der Waals surface area (Å²) in [6, 6.07) is 2.94. The van der Waals surface area contributed by atoms with Crippen LogP contribution in [-0.4, -0.2) is 40.8 Å². The van der Waals surface area contributed by atoms with Gasteiger partial charge in [0, 0.05) is 24.3 Å². The zero-order chi connectivity index (χ0) is 15.4. The van der Waals surface area contributed by atoms with Gasteiger partial charge in [0.1, 0.15) is 11.2 Å². The first-order valence-corrected chi connectivity index (χ1v) is 7.69. The molecule has 2 rings (SSSR count). The summed E-state index contributed by atoms with van der Waals surface area (Å²) in [4.78, 5) is 30.4. The summed E-state index contributed by atoms with van der Waals surface area (Å²) in [7, 11) is 0. The minimum absolute atomic E-state index is 0.0916. The van der Waals surface area contributed by atoms with Crippen molar-refractivity contribution in [2.45, 2.75) is 39.2 Å². The zero-order valence-corrected chi connectivity index (χ0v) is 13.1. The summed E-state index contributed by atoms with van der Waals surface area (Å²) in [5.41, 5.74) is 1.31. The Labute approximate surface area is 129 Å². The summed E-state index contributed by atoms with van der Waals surface area (Å²) < 4.78 is 0. The van der Waals surface area contributed by atoms with E-state index in [-0.39, 0.29) is 11.8 Å². The number of aryl methyl sites for hydroxylation is 1. The van der Waals surface area contributed by atoms with Gasteiger partial charge in [-0.2, -0.15) is 0 Å². The van der Waals surface area contributed by atoms with Gasteiger partial charge in [-0.15, -0.1) is 0 Å². The molecule has 114 valence electrons. The van der Waals surface area contributed by atoms with E-state index in [4.69, 9.17) is 11.6 Å². The molecule has 1 aliphatic heterocycles. The normalized spacial score (nSPS) is 18.5. The van der Waals surface area contributed by atoms with Gasteiger partial charge in [-0.1, -0.05) is 31.9 Å². The predicted molar refractivity (Wildman–Crippen MR) is 81.4 cm³/mol. The molecule has 1 fully saturated rings. The van der Waals surface area contributed by atoms with E-state index in [1.807, 2.05) is 13.8 Å². The third-order valence-corrected chi connectivity index (χ3v) is 3.77. The smallest absolute Gasteiger partial charge is 0.254 e. The van der Waals surface area contributed by atoms with E-state index in [1.54, 1.807) is 17.0 Å². The molecule has 5 nitrogen and oxygen atoms in total. The van der Waals surface area contributed by atoms with Crippen LogP contribution in [0.4, 0.5) is 0 Å². The van der Waals surface area contributed by atoms with E-state index in [0.717, 1.165) is 18.5 Å². The molecule has 1 aromatic heterocycles. The monoisotopic (exact) mass is 309 g/mol. The minimum atomic E-state index is -0.409. The second-order valence-corrected chi connectivity index (χ2v) is 5.52. The maximum Gasteiger partial charge on any atom is 0.254 e. The first kappa shape index (κ1) is 15.8. The van der Waals surface area contributed by atoms with Crippen LogP contribution in [0, 0.1) is 0 Å². The molecule has 0 aromatic carbocycles. The van der Waals surface area contributed by atoms with Gasteiger partial charge in [0.2, 0.25) is 5.91 Å². The second-order valence-electron chi connectivity index (χ2n) is 5.13. The van der Waals surface area contributed by atoms with E-state index in [0.29, 0.717) is 30.2 Å². The fourth-order valence-corrected chi connectivity index (χ4v) is 2.81. The van der Waals surface area contributed by atoms with Crippen molar-refractivity contribution in [1.29, 1.82) is 0 Å². The van der Waals surface area contributed by atoms with Crippen molar-refractivity contribution >= 4 is 23.4 Å². The summed E-state index contributed by atoms with van der Waals surface area (Å²) in [6.07, 6.45) is 2.31. The van der Waals surface area contributed by atoms with Crippen molar-refractivity contribution in [3.05, 3.63) is 28.5 Å². The van der Waals surface area contributed by atoms with E-state index < -0.39 is 6.04 Å². The first-order chi connectivity index (χ1) is 10.1. The number of piperazine rings is 1. The maximum absolute atomic E-state index is 12.7. The van der Waals surface area contributed by atoms with Crippen LogP contribution >= 0.6 is 11.6 Å². The SMILES string of the molecule is CCCc1cc(C(=O)N2CCNC(=O)C2CC)cc(Cl)n1. The molecule has 0 spiro atoms. The highest BCUT2D eigenvalue weighted by Crippen LogP contribution is 2.18. The van der Waals surface area contributed by atoms with Crippen molar-refractivity contribution in [2.75, 3.05) is 13.1 Å². The van der Waals surface area contributed by atoms with Crippen molar-refractivity contribution < 1.29 is 9.59 Å². The number of carbonyl (C=O) groups is 2. The van der Waals surface area contributed by atoms with Crippen LogP contribution < -0.4 is 5.32 Å². The van der Waals surface area contributed by atoms with Crippen molar-refractivity contribution in [3.63, 3.8) is 0 Å². The summed E-state index contributed by atoms with van der Waals surface area (Å²) in [5.74, 6) is -0.246. The quantitative estimate of drug-likeness (QED) is 0.866. The number of hydrogen-bond acceptors (Lipinski definition) is 3. The Hall–Kier alpha value is -1.62. The average Bonchev–Trinajstić information content (AvgIpc) is 2.46. The Morgan fingerprint density at radius 2 is 2.24 bits per heavy atom. The van der Waals surface area contributed by atoms with Crippen molar-refractivity contribution in [2.24, 2.45) is 0 Å². The van der Waals surface area contributed by atoms with Crippen LogP contribution in [-0.2, 0) is 11.2 Å². The Balaban J connectivity index is 2.28. The molecule has 0 bridgehead atoms. The molecule has 2 heterocycles. The topological polar surface area (TPSA) is 62.3 Å². The van der Waals surface area contributed by atoms with Gasteiger partial charge in [0.25, 0.3) is 5.91 Å². The highest BCUT2D eigenvalue weighted by Gasteiger charge is 2.32. The molecule has 1 aliphatic rings.